The van der Waals surface area contributed by atoms with Gasteiger partial charge in [0.15, 0.2) is 5.78 Å². The molecule has 0 saturated carbocycles. The second kappa shape index (κ2) is 7.20. The molecular formula is C13H15ClO3. The van der Waals surface area contributed by atoms with Crippen molar-refractivity contribution >= 4 is 23.2 Å². The molecule has 0 N–H and O–H groups in total. The van der Waals surface area contributed by atoms with E-state index >= 15 is 0 Å². The minimum atomic E-state index is -0.239. The van der Waals surface area contributed by atoms with Crippen molar-refractivity contribution in [1.29, 1.82) is 0 Å². The molecule has 92 valence electrons. The first-order valence-electron chi connectivity index (χ1n) is 5.52. The first-order chi connectivity index (χ1) is 8.15. The molecule has 0 radical (unpaired) electrons. The maximum absolute atomic E-state index is 11.8. The van der Waals surface area contributed by atoms with Crippen LogP contribution in [0.4, 0.5) is 0 Å². The third-order valence-corrected chi connectivity index (χ3v) is 2.59. The molecule has 0 saturated heterocycles. The molecular weight excluding hydrogens is 240 g/mol. The number of hydrogen-bond donors (Lipinski definition) is 0. The predicted molar refractivity (Wildman–Crippen MR) is 66.5 cm³/mol. The van der Waals surface area contributed by atoms with Crippen LogP contribution in [0.25, 0.3) is 0 Å². The van der Waals surface area contributed by atoms with Gasteiger partial charge in [-0.1, -0.05) is 23.7 Å². The summed E-state index contributed by atoms with van der Waals surface area (Å²) >= 11 is 5.87. The van der Waals surface area contributed by atoms with E-state index in [-0.39, 0.29) is 24.4 Å². The largest absolute Gasteiger partial charge is 0.381 e. The summed E-state index contributed by atoms with van der Waals surface area (Å²) in [5, 5.41) is 0.384. The third kappa shape index (κ3) is 4.67. The van der Waals surface area contributed by atoms with E-state index in [2.05, 4.69) is 0 Å². The highest BCUT2D eigenvalue weighted by atomic mass is 35.5. The number of hydrogen-bond acceptors (Lipinski definition) is 3. The van der Waals surface area contributed by atoms with Crippen LogP contribution in [0.3, 0.4) is 0 Å². The molecule has 1 aromatic rings. The van der Waals surface area contributed by atoms with Crippen LogP contribution in [0.5, 0.6) is 0 Å². The molecule has 0 aliphatic carbocycles. The summed E-state index contributed by atoms with van der Waals surface area (Å²) < 4.78 is 5.06. The van der Waals surface area contributed by atoms with E-state index in [4.69, 9.17) is 16.3 Å². The Hall–Kier alpha value is -1.19. The Labute approximate surface area is 106 Å². The topological polar surface area (TPSA) is 43.4 Å². The zero-order chi connectivity index (χ0) is 12.7. The molecule has 1 rings (SSSR count). The molecule has 0 aliphatic rings. The fourth-order valence-electron chi connectivity index (χ4n) is 1.38. The highest BCUT2D eigenvalue weighted by molar-refractivity contribution is 6.34. The second-order valence-corrected chi connectivity index (χ2v) is 3.97. The monoisotopic (exact) mass is 254 g/mol. The lowest BCUT2D eigenvalue weighted by Crippen LogP contribution is -2.11. The van der Waals surface area contributed by atoms with E-state index in [1.807, 2.05) is 6.92 Å². The predicted octanol–water partition coefficient (Wildman–Crippen LogP) is 2.91. The number of carbonyl (C=O) groups excluding carboxylic acids is 2. The van der Waals surface area contributed by atoms with Crippen molar-refractivity contribution in [3.8, 4) is 0 Å². The van der Waals surface area contributed by atoms with Gasteiger partial charge in [0.2, 0.25) is 0 Å². The zero-order valence-electron chi connectivity index (χ0n) is 9.74. The molecule has 0 spiro atoms. The maximum atomic E-state index is 11.8. The van der Waals surface area contributed by atoms with E-state index in [0.717, 1.165) is 0 Å². The quantitative estimate of drug-likeness (QED) is 0.427. The summed E-state index contributed by atoms with van der Waals surface area (Å²) in [4.78, 5) is 23.2. The first kappa shape index (κ1) is 13.9. The lowest BCUT2D eigenvalue weighted by atomic mass is 10.0. The van der Waals surface area contributed by atoms with Crippen molar-refractivity contribution in [3.05, 3.63) is 34.9 Å². The molecule has 0 unspecified atom stereocenters. The van der Waals surface area contributed by atoms with Crippen LogP contribution < -0.4 is 0 Å². The van der Waals surface area contributed by atoms with Gasteiger partial charge in [-0.05, 0) is 19.1 Å². The molecule has 1 aromatic carbocycles. The molecule has 0 aliphatic heterocycles. The number of ether oxygens (including phenoxy) is 1. The van der Waals surface area contributed by atoms with Crippen molar-refractivity contribution < 1.29 is 14.3 Å². The minimum absolute atomic E-state index is 0.114. The van der Waals surface area contributed by atoms with Gasteiger partial charge in [-0.2, -0.15) is 0 Å². The lowest BCUT2D eigenvalue weighted by Gasteiger charge is -2.03. The van der Waals surface area contributed by atoms with Gasteiger partial charge in [-0.25, -0.2) is 0 Å². The van der Waals surface area contributed by atoms with Gasteiger partial charge in [0, 0.05) is 18.6 Å². The Morgan fingerprint density at radius 2 is 2.00 bits per heavy atom. The molecule has 0 amide bonds. The van der Waals surface area contributed by atoms with E-state index in [9.17, 15) is 9.59 Å². The Kier molecular flexibility index (Phi) is 5.87. The van der Waals surface area contributed by atoms with Crippen molar-refractivity contribution in [2.45, 2.75) is 19.8 Å². The summed E-state index contributed by atoms with van der Waals surface area (Å²) in [6, 6.07) is 6.74. The van der Waals surface area contributed by atoms with Gasteiger partial charge in [-0.15, -0.1) is 0 Å². The fraction of sp³-hybridized carbons (Fsp3) is 0.385. The van der Waals surface area contributed by atoms with Crippen molar-refractivity contribution in [2.75, 3.05) is 13.2 Å². The Morgan fingerprint density at radius 1 is 1.29 bits per heavy atom. The highest BCUT2D eigenvalue weighted by Crippen LogP contribution is 2.17. The van der Waals surface area contributed by atoms with Crippen LogP contribution in [0.1, 0.15) is 30.1 Å². The molecule has 4 heteroatoms. The summed E-state index contributed by atoms with van der Waals surface area (Å²) in [6.07, 6.45) is 0.154. The van der Waals surface area contributed by atoms with Crippen molar-refractivity contribution in [1.82, 2.24) is 0 Å². The lowest BCUT2D eigenvalue weighted by molar-refractivity contribution is -0.119. The van der Waals surface area contributed by atoms with Crippen LogP contribution in [-0.2, 0) is 9.53 Å². The van der Waals surface area contributed by atoms with E-state index in [1.54, 1.807) is 24.3 Å². The molecule has 0 aromatic heterocycles. The summed E-state index contributed by atoms with van der Waals surface area (Å²) in [5.41, 5.74) is 0.402. The van der Waals surface area contributed by atoms with Crippen LogP contribution in [0, 0.1) is 0 Å². The number of Topliss-reactive ketones (excluding diaryl/α,β-unsaturated/α-hetero) is 2. The van der Waals surface area contributed by atoms with E-state index in [0.29, 0.717) is 23.8 Å². The Bertz CT molecular complexity index is 401. The number of halogens is 1. The molecule has 0 heterocycles. The summed E-state index contributed by atoms with van der Waals surface area (Å²) in [7, 11) is 0. The van der Waals surface area contributed by atoms with Gasteiger partial charge in [0.25, 0.3) is 0 Å². The molecule has 0 atom stereocenters. The second-order valence-electron chi connectivity index (χ2n) is 3.57. The first-order valence-corrected chi connectivity index (χ1v) is 5.90. The van der Waals surface area contributed by atoms with Crippen molar-refractivity contribution in [3.63, 3.8) is 0 Å². The Balaban J connectivity index is 2.49. The van der Waals surface area contributed by atoms with Crippen molar-refractivity contribution in [2.24, 2.45) is 0 Å². The van der Waals surface area contributed by atoms with Crippen LogP contribution in [-0.4, -0.2) is 24.8 Å². The smallest absolute Gasteiger partial charge is 0.171 e. The maximum Gasteiger partial charge on any atom is 0.171 e. The summed E-state index contributed by atoms with van der Waals surface area (Å²) in [6.45, 7) is 2.80. The van der Waals surface area contributed by atoms with Crippen LogP contribution >= 0.6 is 11.6 Å². The average molecular weight is 255 g/mol. The van der Waals surface area contributed by atoms with Crippen LogP contribution in [0.2, 0.25) is 5.02 Å². The number of benzene rings is 1. The average Bonchev–Trinajstić information content (AvgIpc) is 2.29. The number of carbonyl (C=O) groups is 2. The third-order valence-electron chi connectivity index (χ3n) is 2.26. The summed E-state index contributed by atoms with van der Waals surface area (Å²) in [5.74, 6) is -0.361. The zero-order valence-corrected chi connectivity index (χ0v) is 10.5. The van der Waals surface area contributed by atoms with Gasteiger partial charge >= 0.3 is 0 Å². The normalized spacial score (nSPS) is 10.2. The molecule has 3 nitrogen and oxygen atoms in total. The van der Waals surface area contributed by atoms with Gasteiger partial charge in [0.1, 0.15) is 5.78 Å². The number of rotatable bonds is 7. The molecule has 17 heavy (non-hydrogen) atoms. The van der Waals surface area contributed by atoms with E-state index < -0.39 is 0 Å². The SMILES string of the molecule is CCOCCC(=O)CC(=O)c1ccccc1Cl. The van der Waals surface area contributed by atoms with E-state index in [1.165, 1.54) is 0 Å². The molecule has 0 fully saturated rings. The van der Waals surface area contributed by atoms with Crippen LogP contribution in [0.15, 0.2) is 24.3 Å². The standard InChI is InChI=1S/C13H15ClO3/c1-2-17-8-7-10(15)9-13(16)11-5-3-4-6-12(11)14/h3-6H,2,7-9H2,1H3. The molecule has 0 bridgehead atoms. The number of ketones is 2. The fourth-order valence-corrected chi connectivity index (χ4v) is 1.62. The Morgan fingerprint density at radius 3 is 2.65 bits per heavy atom. The highest BCUT2D eigenvalue weighted by Gasteiger charge is 2.13. The van der Waals surface area contributed by atoms with Gasteiger partial charge in [-0.3, -0.25) is 9.59 Å². The van der Waals surface area contributed by atoms with Gasteiger partial charge < -0.3 is 4.74 Å². The minimum Gasteiger partial charge on any atom is -0.381 e. The van der Waals surface area contributed by atoms with Gasteiger partial charge in [0.05, 0.1) is 18.1 Å².